The lowest BCUT2D eigenvalue weighted by Crippen LogP contribution is -2.32. The topological polar surface area (TPSA) is 38.1 Å². The van der Waals surface area contributed by atoms with Gasteiger partial charge in [-0.05, 0) is 38.6 Å². The molecule has 0 saturated carbocycles. The van der Waals surface area contributed by atoms with Crippen LogP contribution in [0.25, 0.3) is 11.1 Å². The van der Waals surface area contributed by atoms with E-state index in [2.05, 4.69) is 30.2 Å². The Kier molecular flexibility index (Phi) is 2.27. The van der Waals surface area contributed by atoms with E-state index in [9.17, 15) is 0 Å². The van der Waals surface area contributed by atoms with Crippen molar-refractivity contribution < 1.29 is 4.42 Å². The molecule has 0 amide bonds. The Morgan fingerprint density at radius 2 is 2.07 bits per heavy atom. The molecule has 0 radical (unpaired) electrons. The van der Waals surface area contributed by atoms with Gasteiger partial charge in [-0.25, -0.2) is 4.98 Å². The van der Waals surface area contributed by atoms with Crippen LogP contribution in [0.15, 0.2) is 22.6 Å². The Labute approximate surface area is 89.5 Å². The van der Waals surface area contributed by atoms with Gasteiger partial charge in [0.2, 0.25) is 0 Å². The fourth-order valence-electron chi connectivity index (χ4n) is 1.57. The van der Waals surface area contributed by atoms with Gasteiger partial charge >= 0.3 is 0 Å². The van der Waals surface area contributed by atoms with Gasteiger partial charge in [-0.15, -0.1) is 0 Å². The molecule has 1 aromatic heterocycles. The van der Waals surface area contributed by atoms with Crippen molar-refractivity contribution in [2.75, 3.05) is 7.05 Å². The third kappa shape index (κ3) is 1.75. The van der Waals surface area contributed by atoms with Crippen LogP contribution in [0.5, 0.6) is 0 Å². The summed E-state index contributed by atoms with van der Waals surface area (Å²) in [7, 11) is 1.95. The summed E-state index contributed by atoms with van der Waals surface area (Å²) >= 11 is 0. The fraction of sp³-hybridized carbons (Fsp3) is 0.417. The average molecular weight is 204 g/mol. The molecule has 0 bridgehead atoms. The zero-order chi connectivity index (χ0) is 11.1. The van der Waals surface area contributed by atoms with Gasteiger partial charge in [-0.2, -0.15) is 0 Å². The Morgan fingerprint density at radius 1 is 1.33 bits per heavy atom. The summed E-state index contributed by atoms with van der Waals surface area (Å²) in [6, 6.07) is 6.13. The average Bonchev–Trinajstić information content (AvgIpc) is 2.56. The first kappa shape index (κ1) is 10.2. The first-order valence-corrected chi connectivity index (χ1v) is 5.09. The fourth-order valence-corrected chi connectivity index (χ4v) is 1.57. The van der Waals surface area contributed by atoms with Crippen LogP contribution < -0.4 is 5.32 Å². The molecule has 3 heteroatoms. The molecule has 2 aromatic rings. The van der Waals surface area contributed by atoms with Gasteiger partial charge in [-0.3, -0.25) is 0 Å². The number of nitrogens with zero attached hydrogens (tertiary/aromatic N) is 1. The summed E-state index contributed by atoms with van der Waals surface area (Å²) < 4.78 is 5.51. The van der Waals surface area contributed by atoms with Gasteiger partial charge in [0.1, 0.15) is 5.52 Å². The normalized spacial score (nSPS) is 12.3. The first-order chi connectivity index (χ1) is 7.03. The van der Waals surface area contributed by atoms with E-state index in [1.54, 1.807) is 0 Å². The van der Waals surface area contributed by atoms with Crippen molar-refractivity contribution in [1.82, 2.24) is 10.3 Å². The molecule has 3 nitrogen and oxygen atoms in total. The zero-order valence-electron chi connectivity index (χ0n) is 9.59. The third-order valence-electron chi connectivity index (χ3n) is 2.84. The minimum atomic E-state index is -0.0467. The largest absolute Gasteiger partial charge is 0.441 e. The Morgan fingerprint density at radius 3 is 2.73 bits per heavy atom. The smallest absolute Gasteiger partial charge is 0.192 e. The number of aromatic nitrogens is 1. The van der Waals surface area contributed by atoms with Crippen LogP contribution in [0.4, 0.5) is 0 Å². The van der Waals surface area contributed by atoms with E-state index in [1.807, 2.05) is 26.1 Å². The van der Waals surface area contributed by atoms with Crippen molar-refractivity contribution in [3.8, 4) is 0 Å². The summed E-state index contributed by atoms with van der Waals surface area (Å²) in [5.41, 5.74) is 2.93. The number of rotatable bonds is 2. The van der Waals surface area contributed by atoms with Crippen molar-refractivity contribution in [1.29, 1.82) is 0 Å². The summed E-state index contributed by atoms with van der Waals surface area (Å²) in [6.07, 6.45) is 0. The highest BCUT2D eigenvalue weighted by atomic mass is 16.3. The molecule has 1 N–H and O–H groups in total. The van der Waals surface area contributed by atoms with Crippen LogP contribution in [-0.4, -0.2) is 12.0 Å². The minimum Gasteiger partial charge on any atom is -0.441 e. The van der Waals surface area contributed by atoms with E-state index in [1.165, 1.54) is 5.56 Å². The van der Waals surface area contributed by atoms with Gasteiger partial charge in [-0.1, -0.05) is 6.07 Å². The van der Waals surface area contributed by atoms with E-state index in [4.69, 9.17) is 4.42 Å². The van der Waals surface area contributed by atoms with Gasteiger partial charge < -0.3 is 9.73 Å². The van der Waals surface area contributed by atoms with Crippen LogP contribution in [-0.2, 0) is 5.54 Å². The second-order valence-corrected chi connectivity index (χ2v) is 4.29. The quantitative estimate of drug-likeness (QED) is 0.817. The zero-order valence-corrected chi connectivity index (χ0v) is 9.59. The van der Waals surface area contributed by atoms with Gasteiger partial charge in [0.25, 0.3) is 0 Å². The van der Waals surface area contributed by atoms with Crippen molar-refractivity contribution >= 4 is 11.1 Å². The standard InChI is InChI=1S/C12H16N2O/c1-8-14-10-6-5-9(7-11(10)15-8)12(2,3)13-4/h5-7,13H,1-4H3. The number of aryl methyl sites for hydroxylation is 1. The molecule has 0 unspecified atom stereocenters. The Balaban J connectivity index is 2.55. The van der Waals surface area contributed by atoms with Crippen molar-refractivity contribution in [3.63, 3.8) is 0 Å². The maximum Gasteiger partial charge on any atom is 0.192 e. The SMILES string of the molecule is CNC(C)(C)c1ccc2nc(C)oc2c1. The van der Waals surface area contributed by atoms with E-state index in [-0.39, 0.29) is 5.54 Å². The lowest BCUT2D eigenvalue weighted by Gasteiger charge is -2.24. The predicted molar refractivity (Wildman–Crippen MR) is 60.8 cm³/mol. The number of benzene rings is 1. The Hall–Kier alpha value is -1.35. The maximum absolute atomic E-state index is 5.51. The molecule has 0 aliphatic heterocycles. The monoisotopic (exact) mass is 204 g/mol. The summed E-state index contributed by atoms with van der Waals surface area (Å²) in [6.45, 7) is 6.14. The van der Waals surface area contributed by atoms with E-state index in [0.717, 1.165) is 11.1 Å². The number of hydrogen-bond acceptors (Lipinski definition) is 3. The molecule has 0 atom stereocenters. The summed E-state index contributed by atoms with van der Waals surface area (Å²) in [4.78, 5) is 4.28. The second kappa shape index (κ2) is 3.35. The van der Waals surface area contributed by atoms with E-state index < -0.39 is 0 Å². The molecule has 0 aliphatic carbocycles. The molecule has 1 heterocycles. The van der Waals surface area contributed by atoms with Crippen molar-refractivity contribution in [3.05, 3.63) is 29.7 Å². The molecule has 15 heavy (non-hydrogen) atoms. The number of oxazole rings is 1. The molecular weight excluding hydrogens is 188 g/mol. The van der Waals surface area contributed by atoms with Crippen molar-refractivity contribution in [2.24, 2.45) is 0 Å². The number of fused-ring (bicyclic) bond motifs is 1. The molecule has 80 valence electrons. The predicted octanol–water partition coefficient (Wildman–Crippen LogP) is 2.59. The molecule has 0 aliphatic rings. The van der Waals surface area contributed by atoms with E-state index >= 15 is 0 Å². The van der Waals surface area contributed by atoms with Crippen LogP contribution >= 0.6 is 0 Å². The third-order valence-corrected chi connectivity index (χ3v) is 2.84. The molecule has 0 saturated heterocycles. The van der Waals surface area contributed by atoms with E-state index in [0.29, 0.717) is 5.89 Å². The molecule has 0 fully saturated rings. The number of nitrogens with one attached hydrogen (secondary N) is 1. The van der Waals surface area contributed by atoms with Crippen LogP contribution in [0.3, 0.4) is 0 Å². The van der Waals surface area contributed by atoms with Gasteiger partial charge in [0, 0.05) is 12.5 Å². The first-order valence-electron chi connectivity index (χ1n) is 5.09. The second-order valence-electron chi connectivity index (χ2n) is 4.29. The van der Waals surface area contributed by atoms with Crippen LogP contribution in [0.1, 0.15) is 25.3 Å². The minimum absolute atomic E-state index is 0.0467. The lowest BCUT2D eigenvalue weighted by atomic mass is 9.94. The van der Waals surface area contributed by atoms with Crippen molar-refractivity contribution in [2.45, 2.75) is 26.3 Å². The lowest BCUT2D eigenvalue weighted by molar-refractivity contribution is 0.444. The molecule has 1 aromatic carbocycles. The van der Waals surface area contributed by atoms with Gasteiger partial charge in [0.05, 0.1) is 0 Å². The molecular formula is C12H16N2O. The highest BCUT2D eigenvalue weighted by molar-refractivity contribution is 5.73. The highest BCUT2D eigenvalue weighted by Crippen LogP contribution is 2.24. The summed E-state index contributed by atoms with van der Waals surface area (Å²) in [5, 5.41) is 3.27. The molecule has 2 rings (SSSR count). The van der Waals surface area contributed by atoms with Crippen LogP contribution in [0, 0.1) is 6.92 Å². The Bertz CT molecular complexity index is 485. The molecule has 0 spiro atoms. The number of hydrogen-bond donors (Lipinski definition) is 1. The van der Waals surface area contributed by atoms with Gasteiger partial charge in [0.15, 0.2) is 11.5 Å². The highest BCUT2D eigenvalue weighted by Gasteiger charge is 2.18. The maximum atomic E-state index is 5.51. The summed E-state index contributed by atoms with van der Waals surface area (Å²) in [5.74, 6) is 0.712. The van der Waals surface area contributed by atoms with Crippen LogP contribution in [0.2, 0.25) is 0 Å².